The molecule has 1 aliphatic rings. The standard InChI is InChI=1S/C19H20N4O2/c1-2-11-23-12-17(13-23)24-16-5-3-14(4-6-16)18-21-19(25-22-18)15-7-9-20-10-8-15/h3-10,17H,2,11-13H2,1H3. The fraction of sp³-hybridized carbons (Fsp3) is 0.316. The van der Waals surface area contributed by atoms with Gasteiger partial charge in [-0.25, -0.2) is 0 Å². The molecule has 1 aromatic carbocycles. The number of hydrogen-bond donors (Lipinski definition) is 0. The van der Waals surface area contributed by atoms with E-state index in [1.54, 1.807) is 12.4 Å². The molecular formula is C19H20N4O2. The van der Waals surface area contributed by atoms with E-state index in [4.69, 9.17) is 9.26 Å². The Morgan fingerprint density at radius 1 is 1.08 bits per heavy atom. The smallest absolute Gasteiger partial charge is 0.258 e. The van der Waals surface area contributed by atoms with Crippen molar-refractivity contribution in [2.24, 2.45) is 0 Å². The summed E-state index contributed by atoms with van der Waals surface area (Å²) in [5, 5.41) is 4.06. The molecular weight excluding hydrogens is 316 g/mol. The second-order valence-electron chi connectivity index (χ2n) is 6.18. The van der Waals surface area contributed by atoms with Gasteiger partial charge in [-0.15, -0.1) is 0 Å². The Morgan fingerprint density at radius 3 is 2.56 bits per heavy atom. The SMILES string of the molecule is CCCN1CC(Oc2ccc(-c3noc(-c4ccncc4)n3)cc2)C1. The lowest BCUT2D eigenvalue weighted by molar-refractivity contribution is 0.0203. The lowest BCUT2D eigenvalue weighted by Crippen LogP contribution is -2.53. The number of hydrogen-bond acceptors (Lipinski definition) is 6. The van der Waals surface area contributed by atoms with Crippen LogP contribution in [0.5, 0.6) is 5.75 Å². The molecule has 0 spiro atoms. The Labute approximate surface area is 146 Å². The summed E-state index contributed by atoms with van der Waals surface area (Å²) in [5.41, 5.74) is 1.76. The zero-order chi connectivity index (χ0) is 17.1. The Kier molecular flexibility index (Phi) is 4.43. The predicted octanol–water partition coefficient (Wildman–Crippen LogP) is 3.27. The molecule has 1 aliphatic heterocycles. The zero-order valence-corrected chi connectivity index (χ0v) is 14.1. The van der Waals surface area contributed by atoms with Gasteiger partial charge in [0.15, 0.2) is 0 Å². The summed E-state index contributed by atoms with van der Waals surface area (Å²) < 4.78 is 11.3. The van der Waals surface area contributed by atoms with Crippen molar-refractivity contribution < 1.29 is 9.26 Å². The fourth-order valence-corrected chi connectivity index (χ4v) is 2.92. The maximum atomic E-state index is 5.98. The van der Waals surface area contributed by atoms with E-state index in [0.717, 1.165) is 36.5 Å². The molecule has 1 fully saturated rings. The van der Waals surface area contributed by atoms with Gasteiger partial charge in [0, 0.05) is 36.6 Å². The van der Waals surface area contributed by atoms with Gasteiger partial charge in [-0.05, 0) is 49.4 Å². The van der Waals surface area contributed by atoms with Gasteiger partial charge in [0.2, 0.25) is 5.82 Å². The van der Waals surface area contributed by atoms with Crippen LogP contribution in [0.2, 0.25) is 0 Å². The summed E-state index contributed by atoms with van der Waals surface area (Å²) in [7, 11) is 0. The highest BCUT2D eigenvalue weighted by Crippen LogP contribution is 2.25. The van der Waals surface area contributed by atoms with Crippen molar-refractivity contribution in [2.75, 3.05) is 19.6 Å². The number of ether oxygens (including phenoxy) is 1. The molecule has 0 saturated carbocycles. The molecule has 3 aromatic rings. The van der Waals surface area contributed by atoms with Crippen LogP contribution in [0.3, 0.4) is 0 Å². The van der Waals surface area contributed by atoms with Crippen LogP contribution in [-0.2, 0) is 0 Å². The Morgan fingerprint density at radius 2 is 1.84 bits per heavy atom. The summed E-state index contributed by atoms with van der Waals surface area (Å²) in [6.45, 7) is 5.37. The number of nitrogens with zero attached hydrogens (tertiary/aromatic N) is 4. The number of benzene rings is 1. The first-order valence-corrected chi connectivity index (χ1v) is 8.55. The van der Waals surface area contributed by atoms with Crippen molar-refractivity contribution in [1.29, 1.82) is 0 Å². The predicted molar refractivity (Wildman–Crippen MR) is 94.1 cm³/mol. The minimum absolute atomic E-state index is 0.292. The molecule has 25 heavy (non-hydrogen) atoms. The van der Waals surface area contributed by atoms with Crippen molar-refractivity contribution in [1.82, 2.24) is 20.0 Å². The average molecular weight is 336 g/mol. The maximum Gasteiger partial charge on any atom is 0.258 e. The minimum Gasteiger partial charge on any atom is -0.488 e. The third-order valence-corrected chi connectivity index (χ3v) is 4.23. The number of pyridine rings is 1. The van der Waals surface area contributed by atoms with Gasteiger partial charge in [-0.1, -0.05) is 12.1 Å². The number of rotatable bonds is 6. The summed E-state index contributed by atoms with van der Waals surface area (Å²) in [6, 6.07) is 11.5. The van der Waals surface area contributed by atoms with Crippen LogP contribution in [0.15, 0.2) is 53.3 Å². The molecule has 6 heteroatoms. The topological polar surface area (TPSA) is 64.3 Å². The molecule has 0 unspecified atom stereocenters. The number of aromatic nitrogens is 3. The fourth-order valence-electron chi connectivity index (χ4n) is 2.92. The maximum absolute atomic E-state index is 5.98. The van der Waals surface area contributed by atoms with Crippen molar-refractivity contribution in [3.8, 4) is 28.6 Å². The Hall–Kier alpha value is -2.73. The first kappa shape index (κ1) is 15.8. The lowest BCUT2D eigenvalue weighted by Gasteiger charge is -2.38. The molecule has 0 amide bonds. The van der Waals surface area contributed by atoms with Crippen LogP contribution >= 0.6 is 0 Å². The first-order chi connectivity index (χ1) is 12.3. The van der Waals surface area contributed by atoms with Crippen LogP contribution < -0.4 is 4.74 Å². The van der Waals surface area contributed by atoms with E-state index in [9.17, 15) is 0 Å². The van der Waals surface area contributed by atoms with E-state index >= 15 is 0 Å². The Balaban J connectivity index is 1.40. The molecule has 4 rings (SSSR count). The summed E-state index contributed by atoms with van der Waals surface area (Å²) in [6.07, 6.45) is 4.88. The van der Waals surface area contributed by atoms with E-state index in [-0.39, 0.29) is 0 Å². The van der Waals surface area contributed by atoms with E-state index in [2.05, 4.69) is 26.9 Å². The normalized spacial score (nSPS) is 15.1. The van der Waals surface area contributed by atoms with Gasteiger partial charge in [0.25, 0.3) is 5.89 Å². The van der Waals surface area contributed by atoms with E-state index in [1.165, 1.54) is 6.42 Å². The highest BCUT2D eigenvalue weighted by atomic mass is 16.5. The molecule has 3 heterocycles. The van der Waals surface area contributed by atoms with Crippen LogP contribution in [0.25, 0.3) is 22.8 Å². The average Bonchev–Trinajstić information content (AvgIpc) is 3.11. The molecule has 0 aliphatic carbocycles. The van der Waals surface area contributed by atoms with E-state index in [1.807, 2.05) is 36.4 Å². The van der Waals surface area contributed by atoms with Crippen LogP contribution in [-0.4, -0.2) is 45.8 Å². The van der Waals surface area contributed by atoms with E-state index in [0.29, 0.717) is 17.8 Å². The second kappa shape index (κ2) is 7.03. The zero-order valence-electron chi connectivity index (χ0n) is 14.1. The van der Waals surface area contributed by atoms with Gasteiger partial charge in [-0.3, -0.25) is 9.88 Å². The van der Waals surface area contributed by atoms with Gasteiger partial charge in [0.1, 0.15) is 11.9 Å². The van der Waals surface area contributed by atoms with Gasteiger partial charge in [-0.2, -0.15) is 4.98 Å². The van der Waals surface area contributed by atoms with Crippen molar-refractivity contribution in [3.05, 3.63) is 48.8 Å². The largest absolute Gasteiger partial charge is 0.488 e. The minimum atomic E-state index is 0.292. The molecule has 2 aromatic heterocycles. The summed E-state index contributed by atoms with van der Waals surface area (Å²) in [4.78, 5) is 10.8. The molecule has 1 saturated heterocycles. The van der Waals surface area contributed by atoms with Gasteiger partial charge in [0.05, 0.1) is 0 Å². The van der Waals surface area contributed by atoms with Crippen molar-refractivity contribution in [3.63, 3.8) is 0 Å². The molecule has 0 N–H and O–H groups in total. The summed E-state index contributed by atoms with van der Waals surface area (Å²) >= 11 is 0. The Bertz CT molecular complexity index is 811. The highest BCUT2D eigenvalue weighted by molar-refractivity contribution is 5.60. The third-order valence-electron chi connectivity index (χ3n) is 4.23. The third kappa shape index (κ3) is 3.53. The lowest BCUT2D eigenvalue weighted by atomic mass is 10.1. The van der Waals surface area contributed by atoms with Crippen LogP contribution in [0.1, 0.15) is 13.3 Å². The van der Waals surface area contributed by atoms with Gasteiger partial charge < -0.3 is 9.26 Å². The molecule has 128 valence electrons. The van der Waals surface area contributed by atoms with E-state index < -0.39 is 0 Å². The van der Waals surface area contributed by atoms with Crippen molar-refractivity contribution >= 4 is 0 Å². The summed E-state index contributed by atoms with van der Waals surface area (Å²) in [5.74, 6) is 1.93. The first-order valence-electron chi connectivity index (χ1n) is 8.55. The molecule has 0 radical (unpaired) electrons. The monoisotopic (exact) mass is 336 g/mol. The molecule has 6 nitrogen and oxygen atoms in total. The van der Waals surface area contributed by atoms with Crippen LogP contribution in [0, 0.1) is 0 Å². The molecule has 0 bridgehead atoms. The quantitative estimate of drug-likeness (QED) is 0.688. The van der Waals surface area contributed by atoms with Crippen molar-refractivity contribution in [2.45, 2.75) is 19.4 Å². The highest BCUT2D eigenvalue weighted by Gasteiger charge is 2.27. The number of likely N-dealkylation sites (tertiary alicyclic amines) is 1. The molecule has 0 atom stereocenters. The second-order valence-corrected chi connectivity index (χ2v) is 6.18. The van der Waals surface area contributed by atoms with Gasteiger partial charge >= 0.3 is 0 Å². The van der Waals surface area contributed by atoms with Crippen LogP contribution in [0.4, 0.5) is 0 Å².